The Kier molecular flexibility index (Phi) is 4.93. The molecule has 0 spiro atoms. The summed E-state index contributed by atoms with van der Waals surface area (Å²) in [6.07, 6.45) is 0. The number of β-amino-alcohol motifs (C(OH)–C–C–N with tert-alkyl or cyclic N) is 1. The molecule has 3 rings (SSSR count). The summed E-state index contributed by atoms with van der Waals surface area (Å²) < 4.78 is 0. The topological polar surface area (TPSA) is 81.2 Å². The molecule has 0 amide bonds. The van der Waals surface area contributed by atoms with Crippen molar-refractivity contribution in [3.05, 3.63) is 29.3 Å². The zero-order valence-corrected chi connectivity index (χ0v) is 14.7. The second-order valence-corrected chi connectivity index (χ2v) is 7.11. The normalized spacial score (nSPS) is 18.8. The van der Waals surface area contributed by atoms with E-state index in [-0.39, 0.29) is 12.1 Å². The maximum atomic E-state index is 9.22. The first-order valence-corrected chi connectivity index (χ1v) is 8.41. The van der Waals surface area contributed by atoms with Crippen LogP contribution < -0.4 is 0 Å². The highest BCUT2D eigenvalue weighted by Crippen LogP contribution is 2.24. The van der Waals surface area contributed by atoms with E-state index in [0.29, 0.717) is 5.82 Å². The highest BCUT2D eigenvalue weighted by molar-refractivity contribution is 5.56. The van der Waals surface area contributed by atoms with Crippen molar-refractivity contribution in [1.29, 1.82) is 0 Å². The Labute approximate surface area is 142 Å². The lowest BCUT2D eigenvalue weighted by Gasteiger charge is -2.47. The van der Waals surface area contributed by atoms with Crippen molar-refractivity contribution in [1.82, 2.24) is 30.4 Å². The summed E-state index contributed by atoms with van der Waals surface area (Å²) in [6.45, 7) is 11.6. The summed E-state index contributed by atoms with van der Waals surface area (Å²) in [7, 11) is 0. The Bertz CT molecular complexity index is 670. The van der Waals surface area contributed by atoms with Crippen molar-refractivity contribution in [3.8, 4) is 11.4 Å². The van der Waals surface area contributed by atoms with Crippen LogP contribution in [0.3, 0.4) is 0 Å². The third-order valence-corrected chi connectivity index (χ3v) is 4.86. The lowest BCUT2D eigenvalue weighted by molar-refractivity contribution is 0.00632. The van der Waals surface area contributed by atoms with Crippen LogP contribution in [0.25, 0.3) is 11.4 Å². The van der Waals surface area contributed by atoms with E-state index in [0.717, 1.165) is 38.3 Å². The van der Waals surface area contributed by atoms with Crippen LogP contribution in [0.15, 0.2) is 18.2 Å². The van der Waals surface area contributed by atoms with Gasteiger partial charge in [-0.15, -0.1) is 10.2 Å². The molecule has 0 aliphatic carbocycles. The second kappa shape index (κ2) is 6.96. The SMILES string of the molecule is Cc1cc(-c2nn[nH]n2)ccc1CN1CCN(CCO)C(C)(C)C1. The second-order valence-electron chi connectivity index (χ2n) is 7.11. The number of hydrogen-bond acceptors (Lipinski definition) is 6. The van der Waals surface area contributed by atoms with Gasteiger partial charge in [-0.1, -0.05) is 12.1 Å². The van der Waals surface area contributed by atoms with Gasteiger partial charge in [0.05, 0.1) is 6.61 Å². The molecule has 1 aromatic heterocycles. The number of rotatable bonds is 5. The lowest BCUT2D eigenvalue weighted by atomic mass is 9.97. The first-order chi connectivity index (χ1) is 11.5. The van der Waals surface area contributed by atoms with Crippen LogP contribution in [-0.2, 0) is 6.54 Å². The van der Waals surface area contributed by atoms with E-state index in [4.69, 9.17) is 0 Å². The van der Waals surface area contributed by atoms with Crippen LogP contribution in [0.2, 0.25) is 0 Å². The van der Waals surface area contributed by atoms with Crippen LogP contribution in [-0.4, -0.2) is 73.9 Å². The van der Waals surface area contributed by atoms with Gasteiger partial charge in [-0.05, 0) is 43.2 Å². The minimum atomic E-state index is 0.0828. The van der Waals surface area contributed by atoms with Gasteiger partial charge in [-0.2, -0.15) is 5.21 Å². The third-order valence-electron chi connectivity index (χ3n) is 4.86. The molecule has 0 bridgehead atoms. The van der Waals surface area contributed by atoms with Gasteiger partial charge < -0.3 is 5.11 Å². The van der Waals surface area contributed by atoms with Gasteiger partial charge in [0.1, 0.15) is 0 Å². The molecule has 1 fully saturated rings. The number of aliphatic hydroxyl groups is 1. The molecule has 24 heavy (non-hydrogen) atoms. The number of hydrogen-bond donors (Lipinski definition) is 2. The zero-order valence-electron chi connectivity index (χ0n) is 14.7. The number of aromatic amines is 1. The van der Waals surface area contributed by atoms with E-state index >= 15 is 0 Å². The number of piperazine rings is 1. The number of aromatic nitrogens is 4. The molecule has 0 unspecified atom stereocenters. The minimum Gasteiger partial charge on any atom is -0.395 e. The number of tetrazole rings is 1. The van der Waals surface area contributed by atoms with Gasteiger partial charge in [0.25, 0.3) is 0 Å². The predicted molar refractivity (Wildman–Crippen MR) is 92.4 cm³/mol. The molecule has 0 saturated carbocycles. The smallest absolute Gasteiger partial charge is 0.204 e. The monoisotopic (exact) mass is 330 g/mol. The summed E-state index contributed by atoms with van der Waals surface area (Å²) in [5.41, 5.74) is 3.64. The fourth-order valence-electron chi connectivity index (χ4n) is 3.50. The van der Waals surface area contributed by atoms with E-state index in [2.05, 4.69) is 69.4 Å². The van der Waals surface area contributed by atoms with Crippen molar-refractivity contribution in [3.63, 3.8) is 0 Å². The van der Waals surface area contributed by atoms with Gasteiger partial charge in [0, 0.05) is 43.8 Å². The van der Waals surface area contributed by atoms with Crippen molar-refractivity contribution in [2.24, 2.45) is 0 Å². The Hall–Kier alpha value is -1.83. The molecule has 7 heteroatoms. The fraction of sp³-hybridized carbons (Fsp3) is 0.588. The molecule has 0 atom stereocenters. The maximum absolute atomic E-state index is 9.22. The average molecular weight is 330 g/mol. The molecule has 0 radical (unpaired) electrons. The summed E-state index contributed by atoms with van der Waals surface area (Å²) in [4.78, 5) is 4.86. The van der Waals surface area contributed by atoms with Gasteiger partial charge >= 0.3 is 0 Å². The molecule has 1 aliphatic heterocycles. The standard InChI is InChI=1S/C17H26N6O/c1-13-10-14(16-18-20-21-19-16)4-5-15(13)11-22-6-7-23(8-9-24)17(2,3)12-22/h4-5,10,24H,6-9,11-12H2,1-3H3,(H,18,19,20,21). The summed E-state index contributed by atoms with van der Waals surface area (Å²) >= 11 is 0. The molecule has 7 nitrogen and oxygen atoms in total. The molecular weight excluding hydrogens is 304 g/mol. The fourth-order valence-corrected chi connectivity index (χ4v) is 3.50. The van der Waals surface area contributed by atoms with Crippen molar-refractivity contribution in [2.45, 2.75) is 32.9 Å². The molecule has 130 valence electrons. The first-order valence-electron chi connectivity index (χ1n) is 8.41. The molecule has 1 saturated heterocycles. The van der Waals surface area contributed by atoms with Crippen molar-refractivity contribution < 1.29 is 5.11 Å². The van der Waals surface area contributed by atoms with Crippen LogP contribution in [0.4, 0.5) is 0 Å². The van der Waals surface area contributed by atoms with Gasteiger partial charge in [-0.25, -0.2) is 0 Å². The number of nitrogens with zero attached hydrogens (tertiary/aromatic N) is 5. The molecule has 1 aliphatic rings. The Balaban J connectivity index is 1.68. The minimum absolute atomic E-state index is 0.0828. The average Bonchev–Trinajstić information content (AvgIpc) is 3.06. The summed E-state index contributed by atoms with van der Waals surface area (Å²) in [6, 6.07) is 6.34. The van der Waals surface area contributed by atoms with Crippen LogP contribution in [0.5, 0.6) is 0 Å². The van der Waals surface area contributed by atoms with Crippen molar-refractivity contribution >= 4 is 0 Å². The van der Waals surface area contributed by atoms with Gasteiger partial charge in [0.2, 0.25) is 5.82 Å². The Morgan fingerprint density at radius 3 is 2.75 bits per heavy atom. The molecular formula is C17H26N6O. The van der Waals surface area contributed by atoms with Gasteiger partial charge in [0.15, 0.2) is 0 Å². The lowest BCUT2D eigenvalue weighted by Crippen LogP contribution is -2.59. The highest BCUT2D eigenvalue weighted by Gasteiger charge is 2.33. The zero-order chi connectivity index (χ0) is 17.2. The molecule has 2 N–H and O–H groups in total. The highest BCUT2D eigenvalue weighted by atomic mass is 16.3. The van der Waals surface area contributed by atoms with Crippen molar-refractivity contribution in [2.75, 3.05) is 32.8 Å². The van der Waals surface area contributed by atoms with E-state index < -0.39 is 0 Å². The Morgan fingerprint density at radius 2 is 2.12 bits per heavy atom. The maximum Gasteiger partial charge on any atom is 0.204 e. The van der Waals surface area contributed by atoms with Crippen LogP contribution in [0.1, 0.15) is 25.0 Å². The van der Waals surface area contributed by atoms with E-state index in [1.807, 2.05) is 0 Å². The Morgan fingerprint density at radius 1 is 1.29 bits per heavy atom. The van der Waals surface area contributed by atoms with E-state index in [1.165, 1.54) is 11.1 Å². The van der Waals surface area contributed by atoms with E-state index in [9.17, 15) is 5.11 Å². The number of nitrogens with one attached hydrogen (secondary N) is 1. The van der Waals surface area contributed by atoms with Gasteiger partial charge in [-0.3, -0.25) is 9.80 Å². The predicted octanol–water partition coefficient (Wildman–Crippen LogP) is 1.06. The largest absolute Gasteiger partial charge is 0.395 e. The molecule has 1 aromatic carbocycles. The quantitative estimate of drug-likeness (QED) is 0.853. The number of H-pyrrole nitrogens is 1. The first kappa shape index (κ1) is 17.0. The number of aliphatic hydroxyl groups excluding tert-OH is 1. The summed E-state index contributed by atoms with van der Waals surface area (Å²) in [5, 5.41) is 23.4. The number of benzene rings is 1. The number of aryl methyl sites for hydroxylation is 1. The summed E-state index contributed by atoms with van der Waals surface area (Å²) in [5.74, 6) is 0.628. The molecule has 2 aromatic rings. The van der Waals surface area contributed by atoms with Crippen LogP contribution in [0, 0.1) is 6.92 Å². The van der Waals surface area contributed by atoms with E-state index in [1.54, 1.807) is 0 Å². The van der Waals surface area contributed by atoms with Crippen LogP contribution >= 0.6 is 0 Å². The third kappa shape index (κ3) is 3.63. The molecule has 2 heterocycles.